The quantitative estimate of drug-likeness (QED) is 0.872. The third kappa shape index (κ3) is 4.01. The highest BCUT2D eigenvalue weighted by molar-refractivity contribution is 7.91. The van der Waals surface area contributed by atoms with Crippen molar-refractivity contribution in [2.75, 3.05) is 35.9 Å². The Kier molecular flexibility index (Phi) is 4.80. The highest BCUT2D eigenvalue weighted by Crippen LogP contribution is 2.28. The molecule has 8 heteroatoms. The predicted octanol–water partition coefficient (Wildman–Crippen LogP) is 2.16. The molecule has 1 aliphatic rings. The number of methoxy groups -OCH3 is 1. The number of para-hydroxylation sites is 2. The summed E-state index contributed by atoms with van der Waals surface area (Å²) in [6.45, 7) is 1.89. The number of ether oxygens (including phenoxy) is 1. The number of hydrogen-bond donors (Lipinski definition) is 1. The molecule has 1 aromatic heterocycles. The molecule has 1 fully saturated rings. The minimum absolute atomic E-state index is 0.0917. The standard InChI is InChI=1S/C17H22N4O3S/c1-12-10-16(19-14-6-4-5-7-15(14)24-3)20-17(18-12)21(2)13-8-9-25(22,23)11-13/h4-7,10,13H,8-9,11H2,1-3H3,(H,18,19,20). The highest BCUT2D eigenvalue weighted by Gasteiger charge is 2.31. The van der Waals surface area contributed by atoms with Gasteiger partial charge in [0, 0.05) is 24.8 Å². The summed E-state index contributed by atoms with van der Waals surface area (Å²) in [5.74, 6) is 2.24. The van der Waals surface area contributed by atoms with Gasteiger partial charge >= 0.3 is 0 Å². The molecule has 1 unspecified atom stereocenters. The van der Waals surface area contributed by atoms with E-state index in [1.54, 1.807) is 7.11 Å². The predicted molar refractivity (Wildman–Crippen MR) is 98.5 cm³/mol. The normalized spacial score (nSPS) is 18.8. The van der Waals surface area contributed by atoms with Gasteiger partial charge in [-0.2, -0.15) is 4.98 Å². The first-order valence-corrected chi connectivity index (χ1v) is 9.89. The average molecular weight is 362 g/mol. The van der Waals surface area contributed by atoms with E-state index < -0.39 is 9.84 Å². The van der Waals surface area contributed by atoms with E-state index in [9.17, 15) is 8.42 Å². The van der Waals surface area contributed by atoms with E-state index in [-0.39, 0.29) is 17.5 Å². The monoisotopic (exact) mass is 362 g/mol. The van der Waals surface area contributed by atoms with Gasteiger partial charge in [-0.25, -0.2) is 13.4 Å². The van der Waals surface area contributed by atoms with E-state index in [0.29, 0.717) is 18.2 Å². The van der Waals surface area contributed by atoms with Crippen LogP contribution in [0.5, 0.6) is 5.75 Å². The van der Waals surface area contributed by atoms with Crippen molar-refractivity contribution in [1.82, 2.24) is 9.97 Å². The number of nitrogens with one attached hydrogen (secondary N) is 1. The molecule has 1 aromatic carbocycles. The van der Waals surface area contributed by atoms with Crippen molar-refractivity contribution in [2.45, 2.75) is 19.4 Å². The van der Waals surface area contributed by atoms with Crippen LogP contribution in [0.15, 0.2) is 30.3 Å². The molecule has 134 valence electrons. The van der Waals surface area contributed by atoms with Crippen molar-refractivity contribution in [2.24, 2.45) is 0 Å². The Morgan fingerprint density at radius 2 is 2.04 bits per heavy atom. The summed E-state index contributed by atoms with van der Waals surface area (Å²) in [5.41, 5.74) is 1.61. The Bertz CT molecular complexity index is 870. The van der Waals surface area contributed by atoms with E-state index in [4.69, 9.17) is 4.74 Å². The van der Waals surface area contributed by atoms with Crippen LogP contribution in [0, 0.1) is 6.92 Å². The van der Waals surface area contributed by atoms with Gasteiger partial charge in [0.25, 0.3) is 0 Å². The maximum absolute atomic E-state index is 11.7. The molecular weight excluding hydrogens is 340 g/mol. The second-order valence-corrected chi connectivity index (χ2v) is 8.42. The van der Waals surface area contributed by atoms with Crippen molar-refractivity contribution in [1.29, 1.82) is 0 Å². The van der Waals surface area contributed by atoms with Gasteiger partial charge < -0.3 is 15.0 Å². The zero-order valence-electron chi connectivity index (χ0n) is 14.6. The lowest BCUT2D eigenvalue weighted by Crippen LogP contribution is -2.34. The number of rotatable bonds is 5. The number of sulfone groups is 1. The zero-order chi connectivity index (χ0) is 18.0. The maximum atomic E-state index is 11.7. The van der Waals surface area contributed by atoms with Crippen LogP contribution in [0.2, 0.25) is 0 Å². The Morgan fingerprint density at radius 3 is 2.72 bits per heavy atom. The van der Waals surface area contributed by atoms with Crippen molar-refractivity contribution < 1.29 is 13.2 Å². The zero-order valence-corrected chi connectivity index (χ0v) is 15.4. The van der Waals surface area contributed by atoms with Crippen LogP contribution in [0.3, 0.4) is 0 Å². The topological polar surface area (TPSA) is 84.4 Å². The molecule has 25 heavy (non-hydrogen) atoms. The fourth-order valence-electron chi connectivity index (χ4n) is 2.90. The molecule has 0 saturated carbocycles. The van der Waals surface area contributed by atoms with E-state index in [2.05, 4.69) is 15.3 Å². The van der Waals surface area contributed by atoms with Gasteiger partial charge in [-0.15, -0.1) is 0 Å². The molecule has 0 amide bonds. The summed E-state index contributed by atoms with van der Waals surface area (Å²) >= 11 is 0. The van der Waals surface area contributed by atoms with Crippen molar-refractivity contribution in [3.05, 3.63) is 36.0 Å². The molecule has 1 N–H and O–H groups in total. The lowest BCUT2D eigenvalue weighted by atomic mass is 10.2. The summed E-state index contributed by atoms with van der Waals surface area (Å²) < 4.78 is 28.8. The molecule has 1 aliphatic heterocycles. The first-order chi connectivity index (χ1) is 11.9. The average Bonchev–Trinajstić information content (AvgIpc) is 2.94. The van der Waals surface area contributed by atoms with Crippen molar-refractivity contribution in [3.63, 3.8) is 0 Å². The Labute approximate surface area is 148 Å². The lowest BCUT2D eigenvalue weighted by molar-refractivity contribution is 0.417. The molecule has 1 saturated heterocycles. The highest BCUT2D eigenvalue weighted by atomic mass is 32.2. The second kappa shape index (κ2) is 6.87. The number of anilines is 3. The van der Waals surface area contributed by atoms with E-state index >= 15 is 0 Å². The van der Waals surface area contributed by atoms with Gasteiger partial charge in [0.1, 0.15) is 11.6 Å². The van der Waals surface area contributed by atoms with E-state index in [1.165, 1.54) is 0 Å². The number of nitrogens with zero attached hydrogens (tertiary/aromatic N) is 3. The minimum atomic E-state index is -2.96. The van der Waals surface area contributed by atoms with Gasteiger partial charge in [-0.05, 0) is 25.5 Å². The van der Waals surface area contributed by atoms with E-state index in [1.807, 2.05) is 49.2 Å². The van der Waals surface area contributed by atoms with Crippen LogP contribution in [0.1, 0.15) is 12.1 Å². The van der Waals surface area contributed by atoms with Crippen LogP contribution in [-0.2, 0) is 9.84 Å². The largest absolute Gasteiger partial charge is 0.495 e. The fraction of sp³-hybridized carbons (Fsp3) is 0.412. The lowest BCUT2D eigenvalue weighted by Gasteiger charge is -2.24. The number of aromatic nitrogens is 2. The third-order valence-electron chi connectivity index (χ3n) is 4.28. The summed E-state index contributed by atoms with van der Waals surface area (Å²) in [6.07, 6.45) is 0.603. The molecular formula is C17H22N4O3S. The van der Waals surface area contributed by atoms with E-state index in [0.717, 1.165) is 17.1 Å². The molecule has 0 spiro atoms. The number of benzene rings is 1. The molecule has 1 atom stereocenters. The van der Waals surface area contributed by atoms with Gasteiger partial charge in [0.2, 0.25) is 5.95 Å². The Hall–Kier alpha value is -2.35. The smallest absolute Gasteiger partial charge is 0.227 e. The van der Waals surface area contributed by atoms with Gasteiger partial charge in [-0.3, -0.25) is 0 Å². The first-order valence-electron chi connectivity index (χ1n) is 8.07. The van der Waals surface area contributed by atoms with Gasteiger partial charge in [0.15, 0.2) is 9.84 Å². The second-order valence-electron chi connectivity index (χ2n) is 6.19. The molecule has 7 nitrogen and oxygen atoms in total. The van der Waals surface area contributed by atoms with Gasteiger partial charge in [0.05, 0.1) is 24.3 Å². The SMILES string of the molecule is COc1ccccc1Nc1cc(C)nc(N(C)C2CCS(=O)(=O)C2)n1. The van der Waals surface area contributed by atoms with Crippen LogP contribution in [0.25, 0.3) is 0 Å². The molecule has 0 aliphatic carbocycles. The van der Waals surface area contributed by atoms with Crippen LogP contribution < -0.4 is 15.0 Å². The van der Waals surface area contributed by atoms with Crippen LogP contribution in [-0.4, -0.2) is 50.1 Å². The Morgan fingerprint density at radius 1 is 1.28 bits per heavy atom. The molecule has 0 radical (unpaired) electrons. The fourth-order valence-corrected chi connectivity index (χ4v) is 4.68. The molecule has 2 heterocycles. The molecule has 0 bridgehead atoms. The summed E-state index contributed by atoms with van der Waals surface area (Å²) in [6, 6.07) is 9.33. The maximum Gasteiger partial charge on any atom is 0.227 e. The summed E-state index contributed by atoms with van der Waals surface area (Å²) in [4.78, 5) is 10.9. The minimum Gasteiger partial charge on any atom is -0.495 e. The molecule has 3 rings (SSSR count). The van der Waals surface area contributed by atoms with Gasteiger partial charge in [-0.1, -0.05) is 12.1 Å². The van der Waals surface area contributed by atoms with Crippen LogP contribution >= 0.6 is 0 Å². The third-order valence-corrected chi connectivity index (χ3v) is 6.03. The van der Waals surface area contributed by atoms with Crippen molar-refractivity contribution >= 4 is 27.3 Å². The molecule has 2 aromatic rings. The first kappa shape index (κ1) is 17.5. The Balaban J connectivity index is 1.85. The summed E-state index contributed by atoms with van der Waals surface area (Å²) in [5, 5.41) is 3.25. The number of hydrogen-bond acceptors (Lipinski definition) is 7. The number of aryl methyl sites for hydroxylation is 1. The van der Waals surface area contributed by atoms with Crippen LogP contribution in [0.4, 0.5) is 17.5 Å². The summed E-state index contributed by atoms with van der Waals surface area (Å²) in [7, 11) is 0.501. The van der Waals surface area contributed by atoms with Crippen molar-refractivity contribution in [3.8, 4) is 5.75 Å².